The molecule has 1 aliphatic carbocycles. The summed E-state index contributed by atoms with van der Waals surface area (Å²) in [6.45, 7) is 2.21. The number of carbonyl (C=O) groups is 1. The van der Waals surface area contributed by atoms with Crippen molar-refractivity contribution in [1.29, 1.82) is 0 Å². The highest BCUT2D eigenvalue weighted by Gasteiger charge is 2.39. The maximum atomic E-state index is 13.8. The van der Waals surface area contributed by atoms with Gasteiger partial charge in [0.15, 0.2) is 23.5 Å². The van der Waals surface area contributed by atoms with Crippen LogP contribution < -0.4 is 10.2 Å². The van der Waals surface area contributed by atoms with Gasteiger partial charge in [-0.3, -0.25) is 4.79 Å². The fraction of sp³-hybridized carbons (Fsp3) is 0.316. The Morgan fingerprint density at radius 1 is 1.08 bits per heavy atom. The number of hydrogen-bond acceptors (Lipinski definition) is 1. The number of hydrogen-bond donors (Lipinski definition) is 2. The van der Waals surface area contributed by atoms with Crippen molar-refractivity contribution < 1.29 is 27.3 Å². The largest absolute Gasteiger partial charge is 0.319 e. The Bertz CT molecular complexity index is 806. The molecule has 7 heteroatoms. The monoisotopic (exact) mass is 367 g/mol. The molecule has 1 aliphatic rings. The van der Waals surface area contributed by atoms with Crippen molar-refractivity contribution in [1.82, 2.24) is 0 Å². The summed E-state index contributed by atoms with van der Waals surface area (Å²) in [4.78, 5) is 13.5. The van der Waals surface area contributed by atoms with Crippen LogP contribution >= 0.6 is 0 Å². The first-order valence-corrected chi connectivity index (χ1v) is 8.41. The molecule has 0 heterocycles. The molecule has 1 saturated carbocycles. The summed E-state index contributed by atoms with van der Waals surface area (Å²) in [5, 5.41) is 2.33. The minimum Gasteiger partial charge on any atom is -0.319 e. The highest BCUT2D eigenvalue weighted by molar-refractivity contribution is 5.93. The normalized spacial score (nSPS) is 16.2. The molecule has 3 nitrogen and oxygen atoms in total. The predicted octanol–water partition coefficient (Wildman–Crippen LogP) is 2.82. The van der Waals surface area contributed by atoms with Crippen LogP contribution in [0.1, 0.15) is 25.3 Å². The summed E-state index contributed by atoms with van der Waals surface area (Å²) >= 11 is 0. The van der Waals surface area contributed by atoms with E-state index in [9.17, 15) is 22.4 Å². The van der Waals surface area contributed by atoms with Crippen molar-refractivity contribution in [2.75, 3.05) is 5.32 Å². The van der Waals surface area contributed by atoms with Gasteiger partial charge in [0.1, 0.15) is 12.4 Å². The molecule has 2 aromatic carbocycles. The second kappa shape index (κ2) is 7.45. The molecule has 2 N–H and O–H groups in total. The number of quaternary nitrogens is 1. The zero-order valence-corrected chi connectivity index (χ0v) is 14.2. The maximum absolute atomic E-state index is 13.8. The minimum atomic E-state index is -1.62. The van der Waals surface area contributed by atoms with Gasteiger partial charge in [-0.15, -0.1) is 0 Å². The van der Waals surface area contributed by atoms with Crippen molar-refractivity contribution in [3.8, 4) is 0 Å². The molecular weight excluding hydrogens is 348 g/mol. The van der Waals surface area contributed by atoms with Crippen molar-refractivity contribution >= 4 is 11.6 Å². The number of benzene rings is 2. The smallest absolute Gasteiger partial charge is 0.282 e. The summed E-state index contributed by atoms with van der Waals surface area (Å²) in [6.07, 6.45) is 1.93. The molecule has 0 saturated heterocycles. The van der Waals surface area contributed by atoms with E-state index in [1.54, 1.807) is 19.1 Å². The van der Waals surface area contributed by atoms with Crippen LogP contribution in [0.5, 0.6) is 0 Å². The topological polar surface area (TPSA) is 33.5 Å². The molecule has 0 aromatic heterocycles. The number of anilines is 1. The van der Waals surface area contributed by atoms with Crippen LogP contribution in [0, 0.1) is 23.3 Å². The van der Waals surface area contributed by atoms with Gasteiger partial charge >= 0.3 is 0 Å². The van der Waals surface area contributed by atoms with Crippen molar-refractivity contribution in [2.24, 2.45) is 0 Å². The fourth-order valence-electron chi connectivity index (χ4n) is 2.97. The lowest BCUT2D eigenvalue weighted by Gasteiger charge is -2.25. The van der Waals surface area contributed by atoms with E-state index in [2.05, 4.69) is 5.32 Å². The Labute approximate surface area is 148 Å². The van der Waals surface area contributed by atoms with Crippen LogP contribution in [0.4, 0.5) is 23.2 Å². The maximum Gasteiger partial charge on any atom is 0.282 e. The van der Waals surface area contributed by atoms with Crippen LogP contribution in [-0.2, 0) is 11.3 Å². The van der Waals surface area contributed by atoms with Gasteiger partial charge in [0.2, 0.25) is 0 Å². The number of nitrogens with one attached hydrogen (secondary N) is 2. The van der Waals surface area contributed by atoms with E-state index in [1.165, 1.54) is 12.1 Å². The van der Waals surface area contributed by atoms with E-state index in [1.807, 2.05) is 0 Å². The molecule has 3 rings (SSSR count). The molecule has 138 valence electrons. The van der Waals surface area contributed by atoms with Gasteiger partial charge in [-0.25, -0.2) is 17.6 Å². The fourth-order valence-corrected chi connectivity index (χ4v) is 2.97. The molecule has 0 bridgehead atoms. The quantitative estimate of drug-likeness (QED) is 0.598. The van der Waals surface area contributed by atoms with Crippen molar-refractivity contribution in [3.63, 3.8) is 0 Å². The van der Waals surface area contributed by atoms with Crippen molar-refractivity contribution in [2.45, 2.75) is 38.4 Å². The number of halogens is 4. The molecular formula is C19H19F4N2O+. The van der Waals surface area contributed by atoms with E-state index in [0.29, 0.717) is 6.54 Å². The molecule has 1 amide bonds. The first kappa shape index (κ1) is 18.4. The lowest BCUT2D eigenvalue weighted by Crippen LogP contribution is -3.16. The van der Waals surface area contributed by atoms with Crippen LogP contribution in [0.15, 0.2) is 36.4 Å². The summed E-state index contributed by atoms with van der Waals surface area (Å²) in [7, 11) is 0. The molecule has 1 unspecified atom stereocenters. The second-order valence-electron chi connectivity index (χ2n) is 6.59. The number of rotatable bonds is 6. The highest BCUT2D eigenvalue weighted by Crippen LogP contribution is 2.20. The molecule has 0 radical (unpaired) electrons. The van der Waals surface area contributed by atoms with Gasteiger partial charge in [-0.2, -0.15) is 0 Å². The van der Waals surface area contributed by atoms with Gasteiger partial charge in [-0.1, -0.05) is 12.1 Å². The van der Waals surface area contributed by atoms with E-state index >= 15 is 0 Å². The van der Waals surface area contributed by atoms with Crippen LogP contribution in [0.3, 0.4) is 0 Å². The second-order valence-corrected chi connectivity index (χ2v) is 6.59. The van der Waals surface area contributed by atoms with Gasteiger partial charge < -0.3 is 10.2 Å². The molecule has 26 heavy (non-hydrogen) atoms. The summed E-state index contributed by atoms with van der Waals surface area (Å²) in [6, 6.07) is 7.56. The number of carbonyl (C=O) groups excluding carboxylic acids is 1. The minimum absolute atomic E-state index is 0.288. The van der Waals surface area contributed by atoms with E-state index in [4.69, 9.17) is 0 Å². The van der Waals surface area contributed by atoms with Crippen LogP contribution in [0.25, 0.3) is 0 Å². The van der Waals surface area contributed by atoms with Gasteiger partial charge in [0.25, 0.3) is 5.91 Å². The standard InChI is InChI=1S/C19H18F4N2O/c1-11(19(26)24-16-9-8-15(21)17(22)18(16)23)25(14-6-7-14)10-12-2-4-13(20)5-3-12/h2-5,8-9,11,14H,6-7,10H2,1H3,(H,24,26)/p+1/t11-/m1/s1. The third-order valence-electron chi connectivity index (χ3n) is 4.67. The lowest BCUT2D eigenvalue weighted by molar-refractivity contribution is -0.938. The van der Waals surface area contributed by atoms with Gasteiger partial charge in [-0.05, 0) is 31.2 Å². The molecule has 0 aliphatic heterocycles. The van der Waals surface area contributed by atoms with E-state index < -0.39 is 35.1 Å². The third kappa shape index (κ3) is 4.04. The van der Waals surface area contributed by atoms with E-state index in [-0.39, 0.29) is 11.9 Å². The lowest BCUT2D eigenvalue weighted by atomic mass is 10.1. The third-order valence-corrected chi connectivity index (χ3v) is 4.67. The first-order chi connectivity index (χ1) is 12.4. The average Bonchev–Trinajstić information content (AvgIpc) is 3.46. The Morgan fingerprint density at radius 2 is 1.73 bits per heavy atom. The molecule has 0 spiro atoms. The molecule has 2 aromatic rings. The number of amides is 1. The van der Waals surface area contributed by atoms with Crippen LogP contribution in [0.2, 0.25) is 0 Å². The summed E-state index contributed by atoms with van der Waals surface area (Å²) in [5.74, 6) is -5.17. The Hall–Kier alpha value is -2.41. The Kier molecular flexibility index (Phi) is 5.27. The molecule has 1 fully saturated rings. The summed E-state index contributed by atoms with van der Waals surface area (Å²) < 4.78 is 53.2. The average molecular weight is 367 g/mol. The van der Waals surface area contributed by atoms with Crippen LogP contribution in [-0.4, -0.2) is 18.0 Å². The van der Waals surface area contributed by atoms with E-state index in [0.717, 1.165) is 35.4 Å². The predicted molar refractivity (Wildman–Crippen MR) is 88.5 cm³/mol. The first-order valence-electron chi connectivity index (χ1n) is 8.41. The Balaban J connectivity index is 1.72. The van der Waals surface area contributed by atoms with Gasteiger partial charge in [0, 0.05) is 18.4 Å². The zero-order valence-electron chi connectivity index (χ0n) is 14.2. The molecule has 2 atom stereocenters. The SMILES string of the molecule is C[C@H](C(=O)Nc1ccc(F)c(F)c1F)[NH+](Cc1ccc(F)cc1)C1CC1. The Morgan fingerprint density at radius 3 is 2.35 bits per heavy atom. The highest BCUT2D eigenvalue weighted by atomic mass is 19.2. The van der Waals surface area contributed by atoms with Crippen molar-refractivity contribution in [3.05, 3.63) is 65.2 Å². The van der Waals surface area contributed by atoms with Gasteiger partial charge in [0.05, 0.1) is 11.7 Å². The summed E-state index contributed by atoms with van der Waals surface area (Å²) in [5.41, 5.74) is 0.490. The zero-order chi connectivity index (χ0) is 18.8.